The lowest BCUT2D eigenvalue weighted by Crippen LogP contribution is -2.44. The van der Waals surface area contributed by atoms with Crippen molar-refractivity contribution < 1.29 is 4.74 Å². The average molecular weight is 1070 g/mol. The van der Waals surface area contributed by atoms with E-state index in [9.17, 15) is 0 Å². The van der Waals surface area contributed by atoms with Crippen molar-refractivity contribution in [3.8, 4) is 5.75 Å². The van der Waals surface area contributed by atoms with Gasteiger partial charge in [0.05, 0.1) is 6.04 Å². The van der Waals surface area contributed by atoms with E-state index in [1.54, 1.807) is 0 Å². The highest BCUT2D eigenvalue weighted by atomic mass is 16.5. The van der Waals surface area contributed by atoms with E-state index < -0.39 is 0 Å². The average Bonchev–Trinajstić information content (AvgIpc) is 4.03. The number of para-hydroxylation sites is 1. The second kappa shape index (κ2) is 23.6. The Hall–Kier alpha value is -6.72. The predicted octanol–water partition coefficient (Wildman–Crippen LogP) is 19.0. The molecule has 1 heterocycles. The molecule has 0 radical (unpaired) electrons. The fourth-order valence-electron chi connectivity index (χ4n) is 12.8. The number of anilines is 2. The van der Waals surface area contributed by atoms with Gasteiger partial charge in [-0.1, -0.05) is 233 Å². The summed E-state index contributed by atoms with van der Waals surface area (Å²) in [5.74, 6) is 1.62. The molecule has 7 aliphatic rings. The third kappa shape index (κ3) is 13.5. The molecule has 2 N–H and O–H groups in total. The van der Waals surface area contributed by atoms with Crippen molar-refractivity contribution in [1.82, 2.24) is 5.32 Å². The maximum absolute atomic E-state index is 6.59. The second-order valence-electron chi connectivity index (χ2n) is 28.1. The summed E-state index contributed by atoms with van der Waals surface area (Å²) >= 11 is 0. The Kier molecular flexibility index (Phi) is 16.8. The van der Waals surface area contributed by atoms with Gasteiger partial charge in [-0.25, -0.2) is 0 Å². The van der Waals surface area contributed by atoms with Crippen LogP contribution < -0.4 is 25.7 Å². The zero-order chi connectivity index (χ0) is 57.3. The summed E-state index contributed by atoms with van der Waals surface area (Å²) in [4.78, 5) is 2.70. The van der Waals surface area contributed by atoms with Crippen LogP contribution >= 0.6 is 0 Å². The summed E-state index contributed by atoms with van der Waals surface area (Å²) in [7, 11) is 0. The molecule has 1 aliphatic heterocycles. The van der Waals surface area contributed by atoms with E-state index in [4.69, 9.17) is 4.74 Å². The normalized spacial score (nSPS) is 22.2. The lowest BCUT2D eigenvalue weighted by atomic mass is 9.35. The van der Waals surface area contributed by atoms with E-state index in [0.717, 1.165) is 63.6 Å². The van der Waals surface area contributed by atoms with Crippen molar-refractivity contribution in [1.29, 1.82) is 0 Å². The summed E-state index contributed by atoms with van der Waals surface area (Å²) in [6, 6.07) is 23.1. The number of ether oxygens (including phenoxy) is 1. The summed E-state index contributed by atoms with van der Waals surface area (Å²) in [5, 5.41) is 7.83. The third-order valence-electron chi connectivity index (χ3n) is 18.1. The van der Waals surface area contributed by atoms with Crippen LogP contribution in [0.4, 0.5) is 11.4 Å². The monoisotopic (exact) mass is 1070 g/mol. The fraction of sp³-hybridized carbons (Fsp3) is 0.395. The molecule has 4 nitrogen and oxygen atoms in total. The van der Waals surface area contributed by atoms with Gasteiger partial charge in [-0.2, -0.15) is 0 Å². The van der Waals surface area contributed by atoms with Crippen LogP contribution in [0.2, 0.25) is 6.32 Å². The smallest absolute Gasteiger partial charge is 0.215 e. The Morgan fingerprint density at radius 2 is 1.51 bits per heavy atom. The minimum atomic E-state index is -0.0429. The van der Waals surface area contributed by atoms with Crippen LogP contribution in [0.1, 0.15) is 150 Å². The quantitative estimate of drug-likeness (QED) is 0.158. The van der Waals surface area contributed by atoms with Gasteiger partial charge in [0.2, 0.25) is 6.71 Å². The number of nitrogens with zero attached hydrogens (tertiary/aromatic N) is 1. The SMILES string of the molecule is Cc1c(OC2C=CC=CC2)cccc1C1=CCC(N(C/C=C/NC2=CC=C(C(C)(C)C)C2)c2ccc(C(C)(C)C)cc2B2CC(C(C)(C)C)=CC3=CC2=CC(C2=C(Nc4ccccc4C4=CCCC=C4)C=CC(C(C)(C)C)C2)C3)C=C1. The van der Waals surface area contributed by atoms with Crippen molar-refractivity contribution in [2.45, 2.75) is 159 Å². The molecule has 0 saturated carbocycles. The number of hydrogen-bond donors (Lipinski definition) is 2. The standard InChI is InChI=1S/C76H92BN3O/c1-52-65(29-22-31-72(52)81-64-26-18-15-19-27-64)55-32-38-63(39-33-55)80(43-23-42-78-62-37-34-57(48-62)73(2,3)4)71-41-36-59(75(8,9)10)50-68(71)77-51-60(76(11,12)13)45-53-44-56(47-61(77)46-53)67-49-58(74(5,6)7)35-40-70(67)79-69-30-21-20-28-66(69)54-24-16-14-17-25-54/h15-16,18-26,28-38,40-42,45-47,50,56,58,63-64,78-79H,14,17,27,39,43-44,48-49,51H2,1-13H3/b42-23+. The second-order valence-corrected chi connectivity index (χ2v) is 28.1. The number of fused-ring (bicyclic) bond motifs is 1. The van der Waals surface area contributed by atoms with Crippen LogP contribution in [0, 0.1) is 35.0 Å². The fourth-order valence-corrected chi connectivity index (χ4v) is 12.8. The van der Waals surface area contributed by atoms with Crippen molar-refractivity contribution in [2.75, 3.05) is 16.8 Å². The molecule has 3 aromatic rings. The molecule has 4 atom stereocenters. The molecule has 0 fully saturated rings. The van der Waals surface area contributed by atoms with Crippen LogP contribution in [0.3, 0.4) is 0 Å². The van der Waals surface area contributed by atoms with Gasteiger partial charge in [-0.05, 0) is 161 Å². The van der Waals surface area contributed by atoms with Gasteiger partial charge in [0, 0.05) is 53.6 Å². The number of rotatable bonds is 14. The molecule has 0 aromatic heterocycles. The predicted molar refractivity (Wildman–Crippen MR) is 351 cm³/mol. The summed E-state index contributed by atoms with van der Waals surface area (Å²) in [6.07, 6.45) is 52.8. The van der Waals surface area contributed by atoms with E-state index in [0.29, 0.717) is 5.92 Å². The molecule has 4 unspecified atom stereocenters. The van der Waals surface area contributed by atoms with Gasteiger partial charge >= 0.3 is 0 Å². The Bertz CT molecular complexity index is 3340. The lowest BCUT2D eigenvalue weighted by Gasteiger charge is -2.37. The molecule has 5 heteroatoms. The van der Waals surface area contributed by atoms with E-state index in [-0.39, 0.29) is 46.4 Å². The topological polar surface area (TPSA) is 36.5 Å². The zero-order valence-corrected chi connectivity index (χ0v) is 51.3. The molecular formula is C76H92BN3O. The van der Waals surface area contributed by atoms with Crippen molar-refractivity contribution >= 4 is 34.7 Å². The number of allylic oxidation sites excluding steroid dienone is 20. The first-order chi connectivity index (χ1) is 38.6. The first-order valence-corrected chi connectivity index (χ1v) is 30.6. The van der Waals surface area contributed by atoms with Gasteiger partial charge in [0.15, 0.2) is 0 Å². The first kappa shape index (κ1) is 57.5. The highest BCUT2D eigenvalue weighted by Crippen LogP contribution is 2.46. The summed E-state index contributed by atoms with van der Waals surface area (Å²) < 4.78 is 6.59. The highest BCUT2D eigenvalue weighted by molar-refractivity contribution is 6.82. The molecule has 0 saturated heterocycles. The van der Waals surface area contributed by atoms with E-state index in [2.05, 4.69) is 282 Å². The van der Waals surface area contributed by atoms with Gasteiger partial charge in [0.1, 0.15) is 11.9 Å². The Labute approximate surface area is 489 Å². The van der Waals surface area contributed by atoms with E-state index in [1.165, 1.54) is 89.4 Å². The number of nitrogens with one attached hydrogen (secondary N) is 2. The lowest BCUT2D eigenvalue weighted by molar-refractivity contribution is 0.250. The Balaban J connectivity index is 1.06. The molecule has 0 amide bonds. The van der Waals surface area contributed by atoms with Crippen LogP contribution in [0.25, 0.3) is 11.1 Å². The molecule has 10 rings (SSSR count). The summed E-state index contributed by atoms with van der Waals surface area (Å²) in [5.41, 5.74) is 21.6. The van der Waals surface area contributed by atoms with Crippen molar-refractivity contribution in [2.24, 2.45) is 28.1 Å². The molecule has 2 bridgehead atoms. The zero-order valence-electron chi connectivity index (χ0n) is 51.3. The van der Waals surface area contributed by atoms with E-state index in [1.807, 2.05) is 0 Å². The van der Waals surface area contributed by atoms with Crippen molar-refractivity contribution in [3.05, 3.63) is 238 Å². The van der Waals surface area contributed by atoms with Crippen LogP contribution in [0.15, 0.2) is 215 Å². The molecule has 0 spiro atoms. The van der Waals surface area contributed by atoms with Gasteiger partial charge in [0.25, 0.3) is 0 Å². The van der Waals surface area contributed by atoms with Crippen molar-refractivity contribution in [3.63, 3.8) is 0 Å². The number of benzene rings is 3. The van der Waals surface area contributed by atoms with Gasteiger partial charge in [-0.15, -0.1) is 0 Å². The minimum Gasteiger partial charge on any atom is -0.486 e. The van der Waals surface area contributed by atoms with Crippen LogP contribution in [-0.2, 0) is 5.41 Å². The molecule has 420 valence electrons. The summed E-state index contributed by atoms with van der Waals surface area (Å²) in [6.45, 7) is 31.7. The van der Waals surface area contributed by atoms with Crippen LogP contribution in [-0.4, -0.2) is 25.4 Å². The minimum absolute atomic E-state index is 0.0140. The molecule has 81 heavy (non-hydrogen) atoms. The molecule has 3 aromatic carbocycles. The van der Waals surface area contributed by atoms with E-state index >= 15 is 0 Å². The van der Waals surface area contributed by atoms with Gasteiger partial charge < -0.3 is 20.3 Å². The van der Waals surface area contributed by atoms with Crippen LogP contribution in [0.5, 0.6) is 5.75 Å². The molecule has 6 aliphatic carbocycles. The highest BCUT2D eigenvalue weighted by Gasteiger charge is 2.38. The largest absolute Gasteiger partial charge is 0.486 e. The third-order valence-corrected chi connectivity index (χ3v) is 18.1. The Morgan fingerprint density at radius 3 is 2.21 bits per heavy atom. The maximum atomic E-state index is 6.59. The first-order valence-electron chi connectivity index (χ1n) is 30.6. The van der Waals surface area contributed by atoms with Gasteiger partial charge in [-0.3, -0.25) is 0 Å². The molecular weight excluding hydrogens is 982 g/mol. The maximum Gasteiger partial charge on any atom is 0.215 e. The number of hydrogen-bond acceptors (Lipinski definition) is 4. The Morgan fingerprint density at radius 1 is 0.716 bits per heavy atom.